The minimum atomic E-state index is -0.531. The quantitative estimate of drug-likeness (QED) is 0.131. The van der Waals surface area contributed by atoms with Crippen molar-refractivity contribution in [3.8, 4) is 11.5 Å². The number of aliphatic imine (C=N–C) groups is 1. The monoisotopic (exact) mass is 631 g/mol. The van der Waals surface area contributed by atoms with Crippen LogP contribution in [0.1, 0.15) is 28.4 Å². The molecule has 6 nitrogen and oxygen atoms in total. The van der Waals surface area contributed by atoms with Crippen LogP contribution in [0.15, 0.2) is 81.9 Å². The fourth-order valence-corrected chi connectivity index (χ4v) is 4.14. The summed E-state index contributed by atoms with van der Waals surface area (Å²) in [4.78, 5) is 29.2. The summed E-state index contributed by atoms with van der Waals surface area (Å²) in [5, 5.41) is 0. The summed E-state index contributed by atoms with van der Waals surface area (Å²) in [7, 11) is 0. The van der Waals surface area contributed by atoms with Gasteiger partial charge < -0.3 is 14.2 Å². The molecule has 0 saturated carbocycles. The predicted molar refractivity (Wildman–Crippen MR) is 141 cm³/mol. The van der Waals surface area contributed by atoms with Crippen molar-refractivity contribution < 1.29 is 23.8 Å². The molecule has 172 valence electrons. The van der Waals surface area contributed by atoms with E-state index < -0.39 is 5.97 Å². The molecule has 0 amide bonds. The van der Waals surface area contributed by atoms with Crippen LogP contribution < -0.4 is 9.47 Å². The number of carbonyl (C=O) groups is 2. The number of hydrogen-bond acceptors (Lipinski definition) is 6. The van der Waals surface area contributed by atoms with Gasteiger partial charge in [-0.1, -0.05) is 30.3 Å². The van der Waals surface area contributed by atoms with Crippen LogP contribution in [0.5, 0.6) is 11.5 Å². The second-order valence-corrected chi connectivity index (χ2v) is 9.28. The topological polar surface area (TPSA) is 74.2 Å². The summed E-state index contributed by atoms with van der Waals surface area (Å²) in [6.07, 6.45) is 1.62. The van der Waals surface area contributed by atoms with Gasteiger partial charge in [-0.15, -0.1) is 0 Å². The van der Waals surface area contributed by atoms with E-state index in [-0.39, 0.29) is 24.0 Å². The highest BCUT2D eigenvalue weighted by molar-refractivity contribution is 14.1. The first-order chi connectivity index (χ1) is 16.4. The first kappa shape index (κ1) is 24.2. The van der Waals surface area contributed by atoms with Gasteiger partial charge in [-0.3, -0.25) is 4.79 Å². The third-order valence-electron chi connectivity index (χ3n) is 4.79. The van der Waals surface area contributed by atoms with Gasteiger partial charge in [0.15, 0.2) is 29.6 Å². The number of ketones is 1. The molecular formula is C26H19BrINO5. The van der Waals surface area contributed by atoms with Gasteiger partial charge in [0.05, 0.1) is 11.1 Å². The Morgan fingerprint density at radius 2 is 1.82 bits per heavy atom. The van der Waals surface area contributed by atoms with Crippen LogP contribution in [0.4, 0.5) is 0 Å². The number of Topliss-reactive ketones (excluding diaryl/α,β-unsaturated/α-hetero) is 1. The van der Waals surface area contributed by atoms with Crippen LogP contribution in [0.3, 0.4) is 0 Å². The van der Waals surface area contributed by atoms with Crippen LogP contribution in [0.25, 0.3) is 6.08 Å². The van der Waals surface area contributed by atoms with Crippen molar-refractivity contribution >= 4 is 62.2 Å². The predicted octanol–water partition coefficient (Wildman–Crippen LogP) is 6.06. The fraction of sp³-hybridized carbons (Fsp3) is 0.115. The lowest BCUT2D eigenvalue weighted by Crippen LogP contribution is -2.12. The molecule has 0 aromatic heterocycles. The van der Waals surface area contributed by atoms with Gasteiger partial charge in [0.1, 0.15) is 0 Å². The van der Waals surface area contributed by atoms with E-state index in [1.54, 1.807) is 42.5 Å². The van der Waals surface area contributed by atoms with Gasteiger partial charge in [0.25, 0.3) is 0 Å². The van der Waals surface area contributed by atoms with E-state index in [4.69, 9.17) is 14.2 Å². The number of hydrogen-bond donors (Lipinski definition) is 0. The Kier molecular flexibility index (Phi) is 7.79. The number of carbonyl (C=O) groups excluding carboxylic acids is 2. The number of esters is 1. The molecule has 0 bridgehead atoms. The number of rotatable bonds is 8. The largest absolute Gasteiger partial charge is 0.490 e. The second-order valence-electron chi connectivity index (χ2n) is 7.18. The van der Waals surface area contributed by atoms with Crippen LogP contribution in [0, 0.1) is 3.57 Å². The van der Waals surface area contributed by atoms with Crippen molar-refractivity contribution in [3.05, 3.63) is 97.2 Å². The molecule has 34 heavy (non-hydrogen) atoms. The summed E-state index contributed by atoms with van der Waals surface area (Å²) in [6.45, 7) is 2.11. The van der Waals surface area contributed by atoms with Crippen molar-refractivity contribution in [2.75, 3.05) is 13.2 Å². The van der Waals surface area contributed by atoms with E-state index in [0.29, 0.717) is 33.7 Å². The van der Waals surface area contributed by atoms with E-state index in [2.05, 4.69) is 43.5 Å². The molecule has 1 aliphatic rings. The molecule has 0 N–H and O–H groups in total. The number of cyclic esters (lactones) is 1. The molecule has 0 atom stereocenters. The maximum atomic E-state index is 12.4. The number of benzene rings is 3. The van der Waals surface area contributed by atoms with E-state index >= 15 is 0 Å². The van der Waals surface area contributed by atoms with Gasteiger partial charge in [-0.25, -0.2) is 9.79 Å². The molecule has 0 spiro atoms. The Hall–Kier alpha value is -2.98. The molecule has 4 rings (SSSR count). The highest BCUT2D eigenvalue weighted by Gasteiger charge is 2.24. The van der Waals surface area contributed by atoms with Crippen molar-refractivity contribution in [2.24, 2.45) is 4.99 Å². The summed E-state index contributed by atoms with van der Waals surface area (Å²) >= 11 is 5.70. The highest BCUT2D eigenvalue weighted by Crippen LogP contribution is 2.38. The smallest absolute Gasteiger partial charge is 0.363 e. The number of nitrogens with zero attached hydrogens (tertiary/aromatic N) is 1. The van der Waals surface area contributed by atoms with Crippen LogP contribution in [-0.2, 0) is 9.53 Å². The Labute approximate surface area is 218 Å². The van der Waals surface area contributed by atoms with E-state index in [0.717, 1.165) is 9.13 Å². The van der Waals surface area contributed by atoms with Gasteiger partial charge in [0.2, 0.25) is 5.90 Å². The average Bonchev–Trinajstić information content (AvgIpc) is 3.19. The lowest BCUT2D eigenvalue weighted by molar-refractivity contribution is -0.129. The van der Waals surface area contributed by atoms with Crippen molar-refractivity contribution in [2.45, 2.75) is 6.92 Å². The van der Waals surface area contributed by atoms with E-state index in [1.807, 2.05) is 37.3 Å². The Balaban J connectivity index is 1.58. The van der Waals surface area contributed by atoms with Gasteiger partial charge in [0, 0.05) is 14.7 Å². The molecule has 8 heteroatoms. The van der Waals surface area contributed by atoms with Crippen LogP contribution in [0.2, 0.25) is 0 Å². The van der Waals surface area contributed by atoms with Gasteiger partial charge in [-0.2, -0.15) is 0 Å². The first-order valence-electron chi connectivity index (χ1n) is 10.4. The summed E-state index contributed by atoms with van der Waals surface area (Å²) in [5.74, 6) is 0.433. The normalized spacial score (nSPS) is 14.0. The molecule has 0 fully saturated rings. The zero-order valence-corrected chi connectivity index (χ0v) is 21.8. The van der Waals surface area contributed by atoms with Gasteiger partial charge in [-0.05, 0) is 93.5 Å². The van der Waals surface area contributed by atoms with Crippen molar-refractivity contribution in [1.29, 1.82) is 0 Å². The SMILES string of the molecule is CCOc1cc(/C=C2\N=C(c3ccc(I)cc3)OC2=O)cc(Br)c1OCC(=O)c1ccccc1. The highest BCUT2D eigenvalue weighted by atomic mass is 127. The van der Waals surface area contributed by atoms with Crippen LogP contribution in [-0.4, -0.2) is 30.9 Å². The average molecular weight is 632 g/mol. The summed E-state index contributed by atoms with van der Waals surface area (Å²) < 4.78 is 18.5. The first-order valence-corrected chi connectivity index (χ1v) is 12.3. The molecule has 0 radical (unpaired) electrons. The van der Waals surface area contributed by atoms with Crippen LogP contribution >= 0.6 is 38.5 Å². The van der Waals surface area contributed by atoms with Crippen molar-refractivity contribution in [1.82, 2.24) is 0 Å². The molecule has 3 aromatic carbocycles. The third kappa shape index (κ3) is 5.74. The summed E-state index contributed by atoms with van der Waals surface area (Å²) in [6, 6.07) is 20.0. The number of ether oxygens (including phenoxy) is 3. The molecule has 3 aromatic rings. The molecule has 0 unspecified atom stereocenters. The number of halogens is 2. The lowest BCUT2D eigenvalue weighted by atomic mass is 10.1. The second kappa shape index (κ2) is 11.0. The Bertz CT molecular complexity index is 1290. The maximum Gasteiger partial charge on any atom is 0.363 e. The third-order valence-corrected chi connectivity index (χ3v) is 6.10. The fourth-order valence-electron chi connectivity index (χ4n) is 3.20. The zero-order valence-electron chi connectivity index (χ0n) is 18.1. The van der Waals surface area contributed by atoms with Crippen molar-refractivity contribution in [3.63, 3.8) is 0 Å². The Morgan fingerprint density at radius 1 is 1.09 bits per heavy atom. The molecule has 1 aliphatic heterocycles. The molecule has 1 heterocycles. The van der Waals surface area contributed by atoms with Gasteiger partial charge >= 0.3 is 5.97 Å². The standard InChI is InChI=1S/C26H19BrINO5/c1-2-32-23-14-16(12-20(27)24(23)33-15-22(30)17-6-4-3-5-7-17)13-21-26(31)34-25(29-21)18-8-10-19(28)11-9-18/h3-14H,2,15H2,1H3/b21-13-. The lowest BCUT2D eigenvalue weighted by Gasteiger charge is -2.14. The molecule has 0 aliphatic carbocycles. The minimum Gasteiger partial charge on any atom is -0.490 e. The maximum absolute atomic E-state index is 12.4. The van der Waals surface area contributed by atoms with E-state index in [1.165, 1.54) is 0 Å². The van der Waals surface area contributed by atoms with E-state index in [9.17, 15) is 9.59 Å². The summed E-state index contributed by atoms with van der Waals surface area (Å²) in [5.41, 5.74) is 2.13. The molecule has 0 saturated heterocycles. The Morgan fingerprint density at radius 3 is 2.53 bits per heavy atom. The molecular weight excluding hydrogens is 613 g/mol. The zero-order chi connectivity index (χ0) is 24.1. The minimum absolute atomic E-state index is 0.140.